The monoisotopic (exact) mass is 317 g/mol. The second-order valence-corrected chi connectivity index (χ2v) is 5.72. The molecule has 118 valence electrons. The molecule has 1 aliphatic rings. The first-order valence-electron chi connectivity index (χ1n) is 7.60. The predicted molar refractivity (Wildman–Crippen MR) is 95.3 cm³/mol. The molecule has 0 aliphatic carbocycles. The summed E-state index contributed by atoms with van der Waals surface area (Å²) in [7, 11) is 0. The van der Waals surface area contributed by atoms with Gasteiger partial charge >= 0.3 is 0 Å². The van der Waals surface area contributed by atoms with E-state index in [-0.39, 0.29) is 17.0 Å². The number of aryl methyl sites for hydroxylation is 1. The number of H-pyrrole nitrogens is 1. The number of rotatable bonds is 2. The van der Waals surface area contributed by atoms with Gasteiger partial charge in [-0.25, -0.2) is 4.68 Å². The number of nitrogens with zero attached hydrogens (tertiary/aromatic N) is 2. The Morgan fingerprint density at radius 1 is 1.12 bits per heavy atom. The Morgan fingerprint density at radius 2 is 1.88 bits per heavy atom. The molecule has 24 heavy (non-hydrogen) atoms. The van der Waals surface area contributed by atoms with Gasteiger partial charge in [-0.2, -0.15) is 0 Å². The van der Waals surface area contributed by atoms with E-state index in [1.165, 1.54) is 4.68 Å². The van der Waals surface area contributed by atoms with Gasteiger partial charge < -0.3 is 5.11 Å². The van der Waals surface area contributed by atoms with Crippen LogP contribution in [-0.2, 0) is 0 Å². The summed E-state index contributed by atoms with van der Waals surface area (Å²) < 4.78 is 1.38. The fourth-order valence-corrected chi connectivity index (χ4v) is 2.76. The zero-order valence-corrected chi connectivity index (χ0v) is 13.0. The quantitative estimate of drug-likeness (QED) is 0.760. The van der Waals surface area contributed by atoms with Crippen LogP contribution in [0.4, 0.5) is 5.69 Å². The third kappa shape index (κ3) is 2.27. The Kier molecular flexibility index (Phi) is 3.20. The first-order valence-corrected chi connectivity index (χ1v) is 7.60. The van der Waals surface area contributed by atoms with Gasteiger partial charge in [0.15, 0.2) is 0 Å². The van der Waals surface area contributed by atoms with Crippen molar-refractivity contribution in [1.82, 2.24) is 9.78 Å². The molecule has 1 aliphatic heterocycles. The number of allylic oxidation sites excluding steroid dienone is 1. The van der Waals surface area contributed by atoms with Crippen molar-refractivity contribution in [2.24, 2.45) is 4.99 Å². The summed E-state index contributed by atoms with van der Waals surface area (Å²) in [5, 5.41) is 13.2. The Bertz CT molecular complexity index is 1040. The van der Waals surface area contributed by atoms with Gasteiger partial charge in [0, 0.05) is 17.4 Å². The molecule has 5 heteroatoms. The summed E-state index contributed by atoms with van der Waals surface area (Å²) in [6.45, 7) is 1.98. The van der Waals surface area contributed by atoms with E-state index in [0.29, 0.717) is 5.69 Å². The number of nitrogens with one attached hydrogen (secondary N) is 1. The van der Waals surface area contributed by atoms with E-state index in [9.17, 15) is 9.90 Å². The van der Waals surface area contributed by atoms with Crippen LogP contribution < -0.4 is 5.56 Å². The third-order valence-electron chi connectivity index (χ3n) is 4.06. The molecular weight excluding hydrogens is 302 g/mol. The van der Waals surface area contributed by atoms with Crippen molar-refractivity contribution < 1.29 is 5.11 Å². The molecule has 2 N–H and O–H groups in total. The number of hydrogen-bond acceptors (Lipinski definition) is 3. The largest absolute Gasteiger partial charge is 0.493 e. The number of aromatic nitrogens is 2. The lowest BCUT2D eigenvalue weighted by atomic mass is 10.1. The van der Waals surface area contributed by atoms with Crippen LogP contribution in [0.25, 0.3) is 17.3 Å². The van der Waals surface area contributed by atoms with E-state index in [0.717, 1.165) is 22.4 Å². The van der Waals surface area contributed by atoms with Crippen molar-refractivity contribution in [3.63, 3.8) is 0 Å². The molecule has 5 nitrogen and oxygen atoms in total. The van der Waals surface area contributed by atoms with Crippen LogP contribution in [-0.4, -0.2) is 21.1 Å². The van der Waals surface area contributed by atoms with Gasteiger partial charge in [-0.3, -0.25) is 14.9 Å². The van der Waals surface area contributed by atoms with E-state index in [2.05, 4.69) is 10.1 Å². The van der Waals surface area contributed by atoms with Gasteiger partial charge in [-0.15, -0.1) is 0 Å². The van der Waals surface area contributed by atoms with E-state index in [1.807, 2.05) is 55.5 Å². The minimum Gasteiger partial charge on any atom is -0.493 e. The number of fused-ring (bicyclic) bond motifs is 1. The zero-order valence-electron chi connectivity index (χ0n) is 13.0. The fraction of sp³-hybridized carbons (Fsp3) is 0.0526. The van der Waals surface area contributed by atoms with Gasteiger partial charge in [0.25, 0.3) is 5.56 Å². The van der Waals surface area contributed by atoms with Crippen molar-refractivity contribution in [2.75, 3.05) is 0 Å². The molecule has 0 unspecified atom stereocenters. The van der Waals surface area contributed by atoms with Gasteiger partial charge in [0.2, 0.25) is 5.88 Å². The minimum atomic E-state index is -0.349. The highest BCUT2D eigenvalue weighted by atomic mass is 16.3. The molecule has 0 spiro atoms. The predicted octanol–water partition coefficient (Wildman–Crippen LogP) is 3.44. The molecule has 0 radical (unpaired) electrons. The number of para-hydroxylation sites is 1. The number of benzene rings is 2. The van der Waals surface area contributed by atoms with Crippen LogP contribution in [0.1, 0.15) is 16.7 Å². The smallest absolute Gasteiger partial charge is 0.275 e. The van der Waals surface area contributed by atoms with Gasteiger partial charge in [-0.05, 0) is 31.2 Å². The molecule has 2 heterocycles. The lowest BCUT2D eigenvalue weighted by Crippen LogP contribution is -2.05. The highest BCUT2D eigenvalue weighted by molar-refractivity contribution is 6.21. The standard InChI is InChI=1S/C19H15N3O2/c1-12-6-8-14(9-7-12)22-19(24)16(18(23)21-22)10-13-11-20-17-5-3-2-4-15(13)17/h2-11,24H,1H3,(H,21,23)/b13-10-. The Hall–Kier alpha value is -3.34. The van der Waals surface area contributed by atoms with Gasteiger partial charge in [0.05, 0.1) is 11.4 Å². The second-order valence-electron chi connectivity index (χ2n) is 5.72. The number of aliphatic imine (C=N–C) groups is 1. The third-order valence-corrected chi connectivity index (χ3v) is 4.06. The Morgan fingerprint density at radius 3 is 2.67 bits per heavy atom. The molecule has 0 saturated heterocycles. The Labute approximate surface area is 138 Å². The lowest BCUT2D eigenvalue weighted by Gasteiger charge is -2.04. The van der Waals surface area contributed by atoms with Crippen molar-refractivity contribution in [3.8, 4) is 11.6 Å². The molecule has 0 bridgehead atoms. The van der Waals surface area contributed by atoms with Crippen LogP contribution in [0.5, 0.6) is 5.88 Å². The zero-order chi connectivity index (χ0) is 16.7. The second kappa shape index (κ2) is 5.38. The highest BCUT2D eigenvalue weighted by Gasteiger charge is 2.17. The molecule has 0 saturated carbocycles. The molecule has 0 fully saturated rings. The summed E-state index contributed by atoms with van der Waals surface area (Å²) in [6.07, 6.45) is 3.36. The summed E-state index contributed by atoms with van der Waals surface area (Å²) >= 11 is 0. The first-order chi connectivity index (χ1) is 11.6. The van der Waals surface area contributed by atoms with Crippen LogP contribution in [0, 0.1) is 6.92 Å². The maximum atomic E-state index is 12.3. The number of aromatic amines is 1. The molecule has 3 aromatic rings. The minimum absolute atomic E-state index is 0.117. The molecule has 4 rings (SSSR count). The maximum absolute atomic E-state index is 12.3. The summed E-state index contributed by atoms with van der Waals surface area (Å²) in [5.41, 5.74) is 4.27. The normalized spacial score (nSPS) is 14.3. The Balaban J connectivity index is 1.81. The molecular formula is C19H15N3O2. The number of hydrogen-bond donors (Lipinski definition) is 2. The summed E-state index contributed by atoms with van der Waals surface area (Å²) in [4.78, 5) is 16.6. The van der Waals surface area contributed by atoms with Crippen molar-refractivity contribution in [1.29, 1.82) is 0 Å². The SMILES string of the molecule is Cc1ccc(-n2[nH]c(=O)c(/C=C3/C=Nc4ccccc43)c2O)cc1. The fourth-order valence-electron chi connectivity index (χ4n) is 2.76. The summed E-state index contributed by atoms with van der Waals surface area (Å²) in [5.74, 6) is -0.117. The lowest BCUT2D eigenvalue weighted by molar-refractivity contribution is 0.432. The topological polar surface area (TPSA) is 70.4 Å². The van der Waals surface area contributed by atoms with Crippen molar-refractivity contribution in [2.45, 2.75) is 6.92 Å². The van der Waals surface area contributed by atoms with E-state index in [1.54, 1.807) is 12.3 Å². The molecule has 2 aromatic carbocycles. The molecule has 0 atom stereocenters. The van der Waals surface area contributed by atoms with Crippen molar-refractivity contribution >= 4 is 23.6 Å². The maximum Gasteiger partial charge on any atom is 0.275 e. The number of aromatic hydroxyl groups is 1. The highest BCUT2D eigenvalue weighted by Crippen LogP contribution is 2.33. The average Bonchev–Trinajstić information content (AvgIpc) is 3.12. The van der Waals surface area contributed by atoms with Gasteiger partial charge in [0.1, 0.15) is 5.56 Å². The van der Waals surface area contributed by atoms with Crippen LogP contribution >= 0.6 is 0 Å². The summed E-state index contributed by atoms with van der Waals surface area (Å²) in [6, 6.07) is 15.2. The van der Waals surface area contributed by atoms with Gasteiger partial charge in [-0.1, -0.05) is 35.9 Å². The van der Waals surface area contributed by atoms with Crippen molar-refractivity contribution in [3.05, 3.63) is 75.6 Å². The molecule has 1 aromatic heterocycles. The van der Waals surface area contributed by atoms with E-state index in [4.69, 9.17) is 0 Å². The van der Waals surface area contributed by atoms with Crippen LogP contribution in [0.2, 0.25) is 0 Å². The molecule has 0 amide bonds. The average molecular weight is 317 g/mol. The first kappa shape index (κ1) is 14.3. The van der Waals surface area contributed by atoms with E-state index >= 15 is 0 Å². The van der Waals surface area contributed by atoms with Crippen LogP contribution in [0.15, 0.2) is 58.3 Å². The van der Waals surface area contributed by atoms with Crippen LogP contribution in [0.3, 0.4) is 0 Å². The van der Waals surface area contributed by atoms with E-state index < -0.39 is 0 Å².